The number of carbonyl (C=O) groups excluding carboxylic acids is 1. The van der Waals surface area contributed by atoms with Crippen molar-refractivity contribution in [2.24, 2.45) is 5.92 Å². The standard InChI is InChI=1S/C16H24O2/c1-13(2)8-5-3-4-6-9-14-10-7-11-16(18)15(14)12-17/h7,10-13,18H,3-6,8-9H2,1-2H3. The van der Waals surface area contributed by atoms with Gasteiger partial charge in [0.2, 0.25) is 0 Å². The first kappa shape index (κ1) is 14.7. The highest BCUT2D eigenvalue weighted by Gasteiger charge is 2.06. The second kappa shape index (κ2) is 7.91. The summed E-state index contributed by atoms with van der Waals surface area (Å²) >= 11 is 0. The summed E-state index contributed by atoms with van der Waals surface area (Å²) in [5.74, 6) is 0.889. The molecule has 0 heterocycles. The van der Waals surface area contributed by atoms with Gasteiger partial charge < -0.3 is 5.11 Å². The minimum Gasteiger partial charge on any atom is -0.507 e. The van der Waals surface area contributed by atoms with Gasteiger partial charge in [-0.3, -0.25) is 4.79 Å². The molecule has 0 aliphatic heterocycles. The Morgan fingerprint density at radius 2 is 1.89 bits per heavy atom. The van der Waals surface area contributed by atoms with E-state index in [4.69, 9.17) is 0 Å². The lowest BCUT2D eigenvalue weighted by molar-refractivity contribution is 0.112. The lowest BCUT2D eigenvalue weighted by atomic mass is 9.99. The van der Waals surface area contributed by atoms with E-state index >= 15 is 0 Å². The number of benzene rings is 1. The van der Waals surface area contributed by atoms with E-state index in [0.29, 0.717) is 5.56 Å². The van der Waals surface area contributed by atoms with Crippen LogP contribution in [0, 0.1) is 5.92 Å². The Balaban J connectivity index is 2.31. The summed E-state index contributed by atoms with van der Waals surface area (Å²) in [6.45, 7) is 4.51. The minimum atomic E-state index is 0.0994. The van der Waals surface area contributed by atoms with Crippen LogP contribution in [0.25, 0.3) is 0 Å². The largest absolute Gasteiger partial charge is 0.507 e. The molecular weight excluding hydrogens is 224 g/mol. The first-order valence-corrected chi connectivity index (χ1v) is 6.91. The summed E-state index contributed by atoms with van der Waals surface area (Å²) in [5.41, 5.74) is 1.42. The second-order valence-electron chi connectivity index (χ2n) is 5.31. The molecular formula is C16H24O2. The molecule has 0 amide bonds. The van der Waals surface area contributed by atoms with E-state index in [1.165, 1.54) is 25.7 Å². The zero-order valence-electron chi connectivity index (χ0n) is 11.5. The average Bonchev–Trinajstić information content (AvgIpc) is 2.33. The Bertz CT molecular complexity index is 369. The quantitative estimate of drug-likeness (QED) is 0.548. The van der Waals surface area contributed by atoms with Crippen LogP contribution in [-0.2, 0) is 6.42 Å². The van der Waals surface area contributed by atoms with Gasteiger partial charge in [0.05, 0.1) is 5.56 Å². The molecule has 2 heteroatoms. The summed E-state index contributed by atoms with van der Waals surface area (Å²) in [6, 6.07) is 5.30. The van der Waals surface area contributed by atoms with E-state index in [0.717, 1.165) is 30.6 Å². The number of phenols is 1. The number of carbonyl (C=O) groups is 1. The molecule has 0 aromatic heterocycles. The summed E-state index contributed by atoms with van der Waals surface area (Å²) in [6.07, 6.45) is 7.76. The van der Waals surface area contributed by atoms with Crippen LogP contribution in [0.4, 0.5) is 0 Å². The van der Waals surface area contributed by atoms with Crippen molar-refractivity contribution in [3.05, 3.63) is 29.3 Å². The molecule has 0 spiro atoms. The number of aryl methyl sites for hydroxylation is 1. The number of hydrogen-bond acceptors (Lipinski definition) is 2. The van der Waals surface area contributed by atoms with Gasteiger partial charge in [0, 0.05) is 0 Å². The molecule has 0 unspecified atom stereocenters. The summed E-state index contributed by atoms with van der Waals surface area (Å²) in [5, 5.41) is 9.56. The lowest BCUT2D eigenvalue weighted by Crippen LogP contribution is -1.94. The monoisotopic (exact) mass is 248 g/mol. The highest BCUT2D eigenvalue weighted by molar-refractivity contribution is 5.81. The maximum Gasteiger partial charge on any atom is 0.154 e. The first-order valence-electron chi connectivity index (χ1n) is 6.91. The van der Waals surface area contributed by atoms with Crippen LogP contribution in [0.3, 0.4) is 0 Å². The molecule has 1 N–H and O–H groups in total. The van der Waals surface area contributed by atoms with Crippen molar-refractivity contribution in [1.82, 2.24) is 0 Å². The minimum absolute atomic E-state index is 0.0994. The van der Waals surface area contributed by atoms with Gasteiger partial charge in [0.1, 0.15) is 5.75 Å². The molecule has 0 atom stereocenters. The van der Waals surface area contributed by atoms with E-state index in [1.807, 2.05) is 6.07 Å². The number of aldehydes is 1. The fourth-order valence-corrected chi connectivity index (χ4v) is 2.18. The van der Waals surface area contributed by atoms with Crippen LogP contribution < -0.4 is 0 Å². The summed E-state index contributed by atoms with van der Waals surface area (Å²) in [7, 11) is 0. The lowest BCUT2D eigenvalue weighted by Gasteiger charge is -2.07. The number of aromatic hydroxyl groups is 1. The number of unbranched alkanes of at least 4 members (excludes halogenated alkanes) is 3. The average molecular weight is 248 g/mol. The van der Waals surface area contributed by atoms with Crippen molar-refractivity contribution in [3.63, 3.8) is 0 Å². The molecule has 0 saturated carbocycles. The first-order chi connectivity index (χ1) is 8.65. The van der Waals surface area contributed by atoms with E-state index in [9.17, 15) is 9.90 Å². The summed E-state index contributed by atoms with van der Waals surface area (Å²) in [4.78, 5) is 10.9. The molecule has 1 aromatic carbocycles. The van der Waals surface area contributed by atoms with Gasteiger partial charge in [-0.1, -0.05) is 51.7 Å². The molecule has 1 rings (SSSR count). The van der Waals surface area contributed by atoms with Gasteiger partial charge in [-0.05, 0) is 30.4 Å². The zero-order chi connectivity index (χ0) is 13.4. The molecule has 0 bridgehead atoms. The third kappa shape index (κ3) is 4.91. The van der Waals surface area contributed by atoms with Crippen molar-refractivity contribution in [1.29, 1.82) is 0 Å². The number of phenolic OH excluding ortho intramolecular Hbond substituents is 1. The molecule has 1 aromatic rings. The maximum atomic E-state index is 10.9. The van der Waals surface area contributed by atoms with E-state index < -0.39 is 0 Å². The van der Waals surface area contributed by atoms with Crippen LogP contribution in [0.2, 0.25) is 0 Å². The Hall–Kier alpha value is -1.31. The predicted molar refractivity (Wildman–Crippen MR) is 75.1 cm³/mol. The number of hydrogen-bond donors (Lipinski definition) is 1. The van der Waals surface area contributed by atoms with Gasteiger partial charge in [0.15, 0.2) is 6.29 Å². The van der Waals surface area contributed by atoms with Gasteiger partial charge in [-0.2, -0.15) is 0 Å². The van der Waals surface area contributed by atoms with Crippen molar-refractivity contribution < 1.29 is 9.90 Å². The molecule has 0 saturated heterocycles. The van der Waals surface area contributed by atoms with Gasteiger partial charge in [-0.15, -0.1) is 0 Å². The van der Waals surface area contributed by atoms with Gasteiger partial charge in [0.25, 0.3) is 0 Å². The third-order valence-corrected chi connectivity index (χ3v) is 3.27. The topological polar surface area (TPSA) is 37.3 Å². The zero-order valence-corrected chi connectivity index (χ0v) is 11.5. The highest BCUT2D eigenvalue weighted by Crippen LogP contribution is 2.21. The number of rotatable bonds is 8. The maximum absolute atomic E-state index is 10.9. The Morgan fingerprint density at radius 1 is 1.17 bits per heavy atom. The molecule has 0 fully saturated rings. The van der Waals surface area contributed by atoms with Crippen molar-refractivity contribution in [2.45, 2.75) is 52.4 Å². The van der Waals surface area contributed by atoms with Gasteiger partial charge >= 0.3 is 0 Å². The molecule has 0 radical (unpaired) electrons. The van der Waals surface area contributed by atoms with Crippen LogP contribution in [-0.4, -0.2) is 11.4 Å². The Labute approximate surface area is 110 Å². The Morgan fingerprint density at radius 3 is 2.56 bits per heavy atom. The predicted octanol–water partition coefficient (Wildman–Crippen LogP) is 4.35. The van der Waals surface area contributed by atoms with E-state index in [1.54, 1.807) is 12.1 Å². The van der Waals surface area contributed by atoms with E-state index in [-0.39, 0.29) is 5.75 Å². The van der Waals surface area contributed by atoms with Crippen molar-refractivity contribution in [2.75, 3.05) is 0 Å². The fraction of sp³-hybridized carbons (Fsp3) is 0.562. The van der Waals surface area contributed by atoms with Crippen molar-refractivity contribution >= 4 is 6.29 Å². The molecule has 2 nitrogen and oxygen atoms in total. The molecule has 0 aliphatic carbocycles. The summed E-state index contributed by atoms with van der Waals surface area (Å²) < 4.78 is 0. The van der Waals surface area contributed by atoms with Crippen LogP contribution in [0.1, 0.15) is 61.9 Å². The van der Waals surface area contributed by atoms with E-state index in [2.05, 4.69) is 13.8 Å². The normalized spacial score (nSPS) is 10.8. The fourth-order valence-electron chi connectivity index (χ4n) is 2.18. The van der Waals surface area contributed by atoms with Crippen LogP contribution >= 0.6 is 0 Å². The van der Waals surface area contributed by atoms with Crippen molar-refractivity contribution in [3.8, 4) is 5.75 Å². The molecule has 18 heavy (non-hydrogen) atoms. The second-order valence-corrected chi connectivity index (χ2v) is 5.31. The Kier molecular flexibility index (Phi) is 6.48. The van der Waals surface area contributed by atoms with Gasteiger partial charge in [-0.25, -0.2) is 0 Å². The third-order valence-electron chi connectivity index (χ3n) is 3.27. The van der Waals surface area contributed by atoms with Crippen LogP contribution in [0.5, 0.6) is 5.75 Å². The molecule has 0 aliphatic rings. The molecule has 100 valence electrons. The SMILES string of the molecule is CC(C)CCCCCCc1cccc(O)c1C=O. The highest BCUT2D eigenvalue weighted by atomic mass is 16.3. The smallest absolute Gasteiger partial charge is 0.154 e. The van der Waals surface area contributed by atoms with Crippen LogP contribution in [0.15, 0.2) is 18.2 Å².